The fraction of sp³-hybridized carbons (Fsp3) is 0.286. The molecule has 0 saturated carbocycles. The molecule has 2 heterocycles. The lowest BCUT2D eigenvalue weighted by atomic mass is 10.1. The van der Waals surface area contributed by atoms with E-state index in [0.29, 0.717) is 4.57 Å². The van der Waals surface area contributed by atoms with Gasteiger partial charge in [-0.25, -0.2) is 4.98 Å². The van der Waals surface area contributed by atoms with Crippen molar-refractivity contribution in [3.63, 3.8) is 0 Å². The second-order valence-electron chi connectivity index (χ2n) is 4.35. The van der Waals surface area contributed by atoms with Crippen LogP contribution in [0.5, 0.6) is 0 Å². The van der Waals surface area contributed by atoms with E-state index in [0.717, 1.165) is 0 Å². The van der Waals surface area contributed by atoms with Crippen molar-refractivity contribution in [2.24, 2.45) is 0 Å². The lowest BCUT2D eigenvalue weighted by Gasteiger charge is -2.24. The van der Waals surface area contributed by atoms with Gasteiger partial charge in [0.15, 0.2) is 2.82 Å². The van der Waals surface area contributed by atoms with Gasteiger partial charge in [-0.05, 0) is 25.4 Å². The number of nitrogen functional groups attached to an aromatic ring is 1. The molecule has 1 aromatic heterocycles. The number of imide groups is 1. The van der Waals surface area contributed by atoms with Crippen molar-refractivity contribution in [2.75, 3.05) is 5.72 Å². The molecule has 1 atom stereocenters. The van der Waals surface area contributed by atoms with Crippen LogP contribution in [0.4, 0.5) is 5.69 Å². The topological polar surface area (TPSA) is 107 Å². The van der Waals surface area contributed by atoms with Gasteiger partial charge in [0, 0.05) is 17.5 Å². The Kier molecular flexibility index (Phi) is 1.64. The summed E-state index contributed by atoms with van der Waals surface area (Å²) in [6, 6.07) is 0.870. The highest BCUT2D eigenvalue weighted by atomic mass is 16.2. The van der Waals surface area contributed by atoms with Crippen LogP contribution in [0.3, 0.4) is 0 Å². The van der Waals surface area contributed by atoms with Crippen molar-refractivity contribution in [2.45, 2.75) is 25.7 Å². The highest BCUT2D eigenvalue weighted by Crippen LogP contribution is 2.21. The number of aryl methyl sites for hydroxylation is 1. The summed E-state index contributed by atoms with van der Waals surface area (Å²) in [5.41, 5.74) is -1.19. The molecule has 2 aromatic rings. The molecule has 1 fully saturated rings. The van der Waals surface area contributed by atoms with Gasteiger partial charge in [-0.1, -0.05) is 6.07 Å². The van der Waals surface area contributed by atoms with Crippen molar-refractivity contribution in [3.8, 4) is 0 Å². The van der Waals surface area contributed by atoms with E-state index in [2.05, 4.69) is 4.98 Å². The average Bonchev–Trinajstić information content (AvgIpc) is 2.59. The fourth-order valence-corrected chi connectivity index (χ4v) is 2.11. The summed E-state index contributed by atoms with van der Waals surface area (Å²) in [4.78, 5) is 41.5. The highest BCUT2D eigenvalue weighted by Gasteiger charge is 2.30. The monoisotopic (exact) mass is 293 g/mol. The van der Waals surface area contributed by atoms with Crippen LogP contribution < -0.4 is 16.6 Å². The number of nitrogens with zero attached hydrogens (tertiary/aromatic N) is 2. The molecule has 1 aliphatic rings. The number of nitrogens with two attached hydrogens (primary N) is 1. The second-order valence-corrected chi connectivity index (χ2v) is 4.35. The van der Waals surface area contributed by atoms with E-state index in [-0.39, 0.29) is 28.1 Å². The maximum absolute atomic E-state index is 13.2. The molecule has 1 aliphatic heterocycles. The van der Waals surface area contributed by atoms with Gasteiger partial charge >= 0.3 is 0 Å². The largest absolute Gasteiger partial charge is 0.398 e. The zero-order chi connectivity index (χ0) is 21.2. The minimum Gasteiger partial charge on any atom is -0.398 e. The van der Waals surface area contributed by atoms with E-state index >= 15 is 0 Å². The van der Waals surface area contributed by atoms with Crippen molar-refractivity contribution in [1.82, 2.24) is 14.9 Å². The van der Waals surface area contributed by atoms with Gasteiger partial charge in [-0.15, -0.1) is 0 Å². The quantitative estimate of drug-likeness (QED) is 0.610. The number of benzene rings is 1. The zero-order valence-corrected chi connectivity index (χ0v) is 10.8. The molecular formula is C14H14N4O3. The molecule has 0 aliphatic carbocycles. The zero-order valence-electron chi connectivity index (χ0n) is 17.8. The smallest absolute Gasteiger partial charge is 0.264 e. The summed E-state index contributed by atoms with van der Waals surface area (Å²) in [6.45, 7) is 1.22. The van der Waals surface area contributed by atoms with Crippen LogP contribution >= 0.6 is 0 Å². The predicted octanol–water partition coefficient (Wildman–Crippen LogP) is 0.265. The molecule has 21 heavy (non-hydrogen) atoms. The third-order valence-electron chi connectivity index (χ3n) is 3.00. The Labute approximate surface area is 129 Å². The molecule has 3 rings (SSSR count). The van der Waals surface area contributed by atoms with E-state index in [9.17, 15) is 14.4 Å². The molecule has 1 aromatic carbocycles. The molecule has 0 spiro atoms. The number of carbonyl (C=O) groups is 2. The maximum atomic E-state index is 13.2. The first-order valence-corrected chi connectivity index (χ1v) is 5.95. The minimum absolute atomic E-state index is 0.0419. The van der Waals surface area contributed by atoms with Gasteiger partial charge in [-0.2, -0.15) is 0 Å². The molecule has 0 unspecified atom stereocenters. The van der Waals surface area contributed by atoms with E-state index in [1.165, 1.54) is 25.1 Å². The van der Waals surface area contributed by atoms with Gasteiger partial charge in [-0.3, -0.25) is 24.3 Å². The summed E-state index contributed by atoms with van der Waals surface area (Å²) in [6.07, 6.45) is -6.75. The molecule has 0 bridgehead atoms. The van der Waals surface area contributed by atoms with E-state index < -0.39 is 36.1 Å². The van der Waals surface area contributed by atoms with Crippen LogP contribution in [0.15, 0.2) is 23.0 Å². The molecular weight excluding hydrogens is 272 g/mol. The van der Waals surface area contributed by atoms with Crippen LogP contribution in [0.2, 0.25) is 2.82 Å². The highest BCUT2D eigenvalue weighted by molar-refractivity contribution is 5.99. The SMILES string of the molecule is [2H]N([2H])c1cccc2nc(C)n([C@]3([2H])C(=O)NC(=O)C([2H])([2H])C3([2H])[2H])c(=O)c12. The maximum Gasteiger partial charge on any atom is 0.264 e. The van der Waals surface area contributed by atoms with E-state index in [1.807, 2.05) is 0 Å². The number of carbonyl (C=O) groups excluding carboxylic acids is 2. The van der Waals surface area contributed by atoms with Crippen LogP contribution in [0.25, 0.3) is 10.9 Å². The van der Waals surface area contributed by atoms with Gasteiger partial charge in [0.1, 0.15) is 11.8 Å². The first-order chi connectivity index (χ1) is 12.8. The Bertz CT molecular complexity index is 1080. The van der Waals surface area contributed by atoms with Crippen molar-refractivity contribution >= 4 is 28.4 Å². The minimum atomic E-state index is -3.44. The molecule has 7 nitrogen and oxygen atoms in total. The summed E-state index contributed by atoms with van der Waals surface area (Å²) in [7, 11) is 0. The standard InChI is InChI=1S/C14H14N4O3/c1-7-16-9-4-2-3-8(15)12(9)14(21)18(7)10-5-6-11(19)17-13(10)20/h2-4,10H,5-6,15H2,1H3,(H,17,19,20)/t10-/m0/s1/i5D2,6D2,10D/hD2. The lowest BCUT2D eigenvalue weighted by Crippen LogP contribution is -2.45. The number of hydrogen-bond donors (Lipinski definition) is 2. The third-order valence-corrected chi connectivity index (χ3v) is 3.00. The normalized spacial score (nSPS) is 31.8. The molecule has 108 valence electrons. The molecule has 2 amide bonds. The lowest BCUT2D eigenvalue weighted by molar-refractivity contribution is -0.135. The van der Waals surface area contributed by atoms with E-state index in [4.69, 9.17) is 9.68 Å². The summed E-state index contributed by atoms with van der Waals surface area (Å²) < 4.78 is 55.4. The van der Waals surface area contributed by atoms with Gasteiger partial charge < -0.3 is 5.72 Å². The number of rotatable bonds is 2. The van der Waals surface area contributed by atoms with Crippen molar-refractivity contribution < 1.29 is 19.3 Å². The first-order valence-electron chi connectivity index (χ1n) is 9.34. The van der Waals surface area contributed by atoms with Gasteiger partial charge in [0.05, 0.1) is 12.3 Å². The summed E-state index contributed by atoms with van der Waals surface area (Å²) in [5.74, 6) is -3.38. The number of anilines is 1. The van der Waals surface area contributed by atoms with Crippen molar-refractivity contribution in [1.29, 1.82) is 0 Å². The van der Waals surface area contributed by atoms with Gasteiger partial charge in [0.2, 0.25) is 11.8 Å². The van der Waals surface area contributed by atoms with E-state index in [1.54, 1.807) is 5.32 Å². The number of aromatic nitrogens is 2. The molecule has 1 saturated heterocycles. The van der Waals surface area contributed by atoms with Crippen LogP contribution in [0.1, 0.15) is 31.4 Å². The van der Waals surface area contributed by atoms with Crippen LogP contribution in [-0.4, -0.2) is 21.4 Å². The molecule has 7 heteroatoms. The Morgan fingerprint density at radius 1 is 1.52 bits per heavy atom. The number of hydrogen-bond acceptors (Lipinski definition) is 5. The van der Waals surface area contributed by atoms with Crippen molar-refractivity contribution in [3.05, 3.63) is 34.4 Å². The Balaban J connectivity index is 2.46. The third kappa shape index (κ3) is 2.06. The Hall–Kier alpha value is -2.70. The molecule has 0 radical (unpaired) electrons. The van der Waals surface area contributed by atoms with Gasteiger partial charge in [0.25, 0.3) is 5.56 Å². The number of amides is 2. The Morgan fingerprint density at radius 3 is 3.10 bits per heavy atom. The Morgan fingerprint density at radius 2 is 2.33 bits per heavy atom. The summed E-state index contributed by atoms with van der Waals surface area (Å²) >= 11 is 0. The molecule has 3 N–H and O–H groups in total. The fourth-order valence-electron chi connectivity index (χ4n) is 2.11. The number of nitrogens with one attached hydrogen (secondary N) is 1. The van der Waals surface area contributed by atoms with Crippen LogP contribution in [-0.2, 0) is 9.59 Å². The summed E-state index contributed by atoms with van der Waals surface area (Å²) in [5, 5.41) is 1.27. The first kappa shape index (κ1) is 7.35. The number of fused-ring (bicyclic) bond motifs is 1. The predicted molar refractivity (Wildman–Crippen MR) is 76.6 cm³/mol. The number of piperidine rings is 1. The second kappa shape index (κ2) is 4.69. The average molecular weight is 293 g/mol. The van der Waals surface area contributed by atoms with Crippen LogP contribution in [0, 0.1) is 6.92 Å².